The third-order valence-corrected chi connectivity index (χ3v) is 7.72. The number of rotatable bonds is 7. The molecule has 5 nitrogen and oxygen atoms in total. The van der Waals surface area contributed by atoms with Gasteiger partial charge in [0, 0.05) is 38.4 Å². The number of hydrogen-bond donors (Lipinski definition) is 0. The van der Waals surface area contributed by atoms with Gasteiger partial charge in [-0.05, 0) is 55.5 Å². The van der Waals surface area contributed by atoms with Gasteiger partial charge >= 0.3 is 12.4 Å². The Hall–Kier alpha value is -3.21. The van der Waals surface area contributed by atoms with Gasteiger partial charge in [-0.1, -0.05) is 30.3 Å². The number of Topliss-reactive ketones (excluding diaryl/α,β-unsaturated/α-hetero) is 1. The first kappa shape index (κ1) is 28.8. The van der Waals surface area contributed by atoms with Gasteiger partial charge in [0.15, 0.2) is 5.78 Å². The summed E-state index contributed by atoms with van der Waals surface area (Å²) in [6.07, 6.45) is -9.25. The molecule has 1 unspecified atom stereocenters. The highest BCUT2D eigenvalue weighted by Crippen LogP contribution is 2.38. The summed E-state index contributed by atoms with van der Waals surface area (Å²) in [5.74, 6) is -0.772. The minimum absolute atomic E-state index is 0.0689. The molecule has 2 aromatic rings. The van der Waals surface area contributed by atoms with Crippen LogP contribution in [0, 0.1) is 0 Å². The molecular formula is C28H28F6N2O3. The van der Waals surface area contributed by atoms with Gasteiger partial charge in [0.2, 0.25) is 11.8 Å². The quantitative estimate of drug-likeness (QED) is 0.323. The molecule has 2 fully saturated rings. The number of nitrogens with zero attached hydrogens (tertiary/aromatic N) is 2. The van der Waals surface area contributed by atoms with E-state index in [-0.39, 0.29) is 61.0 Å². The zero-order chi connectivity index (χ0) is 28.6. The summed E-state index contributed by atoms with van der Waals surface area (Å²) in [5.41, 5.74) is -3.63. The number of hydrogen-bond acceptors (Lipinski definition) is 4. The van der Waals surface area contributed by atoms with Crippen molar-refractivity contribution in [2.45, 2.75) is 69.4 Å². The van der Waals surface area contributed by atoms with Gasteiger partial charge < -0.3 is 0 Å². The van der Waals surface area contributed by atoms with E-state index in [0.29, 0.717) is 43.6 Å². The average molecular weight is 555 g/mol. The second kappa shape index (κ2) is 10.7. The third-order valence-electron chi connectivity index (χ3n) is 7.72. The Morgan fingerprint density at radius 3 is 1.82 bits per heavy atom. The van der Waals surface area contributed by atoms with Crippen molar-refractivity contribution in [3.63, 3.8) is 0 Å². The van der Waals surface area contributed by atoms with E-state index in [4.69, 9.17) is 0 Å². The van der Waals surface area contributed by atoms with Crippen LogP contribution in [0.25, 0.3) is 0 Å². The van der Waals surface area contributed by atoms with Crippen molar-refractivity contribution in [3.8, 4) is 0 Å². The SMILES string of the molecule is CC(C(=O)CCc1cc(C(F)(F)F)cc(C(F)(F)F)c1)(c1ccccc1)N1CCC(N2C(=O)CCC2=O)CC1. The lowest BCUT2D eigenvalue weighted by Gasteiger charge is -2.45. The standard InChI is InChI=1S/C28H28F6N2O3/c1-26(19-5-3-2-4-6-19,35-13-11-22(12-14-35)36-24(38)9-10-25(36)39)23(37)8-7-18-15-20(27(29,30)31)17-21(16-18)28(32,33)34/h2-6,15-17,22H,7-14H2,1H3. The second-order valence-electron chi connectivity index (χ2n) is 10.2. The van der Waals surface area contributed by atoms with E-state index in [1.54, 1.807) is 37.3 Å². The first-order valence-electron chi connectivity index (χ1n) is 12.7. The van der Waals surface area contributed by atoms with Crippen LogP contribution in [0.4, 0.5) is 26.3 Å². The van der Waals surface area contributed by atoms with Crippen molar-refractivity contribution in [1.82, 2.24) is 9.80 Å². The first-order valence-corrected chi connectivity index (χ1v) is 12.7. The maximum Gasteiger partial charge on any atom is 0.416 e. The molecule has 0 N–H and O–H groups in total. The van der Waals surface area contributed by atoms with Gasteiger partial charge in [0.05, 0.1) is 11.1 Å². The largest absolute Gasteiger partial charge is 0.416 e. The molecule has 210 valence electrons. The summed E-state index contributed by atoms with van der Waals surface area (Å²) >= 11 is 0. The molecule has 0 saturated carbocycles. The highest BCUT2D eigenvalue weighted by molar-refractivity contribution is 6.02. The molecule has 2 heterocycles. The van der Waals surface area contributed by atoms with Crippen LogP contribution < -0.4 is 0 Å². The average Bonchev–Trinajstić information content (AvgIpc) is 3.23. The first-order chi connectivity index (χ1) is 18.2. The van der Waals surface area contributed by atoms with Crippen LogP contribution in [-0.2, 0) is 38.7 Å². The molecule has 39 heavy (non-hydrogen) atoms. The summed E-state index contributed by atoms with van der Waals surface area (Å²) in [6, 6.07) is 9.87. The number of alkyl halides is 6. The van der Waals surface area contributed by atoms with E-state index in [1.807, 2.05) is 4.90 Å². The number of carbonyl (C=O) groups is 3. The molecule has 2 amide bonds. The van der Waals surface area contributed by atoms with E-state index in [9.17, 15) is 40.7 Å². The van der Waals surface area contributed by atoms with E-state index in [2.05, 4.69) is 0 Å². The van der Waals surface area contributed by atoms with Gasteiger partial charge in [-0.2, -0.15) is 26.3 Å². The second-order valence-corrected chi connectivity index (χ2v) is 10.2. The highest BCUT2D eigenvalue weighted by Gasteiger charge is 2.44. The zero-order valence-corrected chi connectivity index (χ0v) is 21.2. The molecule has 11 heteroatoms. The van der Waals surface area contributed by atoms with Crippen LogP contribution in [0.5, 0.6) is 0 Å². The van der Waals surface area contributed by atoms with Crippen LogP contribution >= 0.6 is 0 Å². The van der Waals surface area contributed by atoms with Crippen LogP contribution in [-0.4, -0.2) is 46.5 Å². The van der Waals surface area contributed by atoms with Crippen molar-refractivity contribution in [1.29, 1.82) is 0 Å². The van der Waals surface area contributed by atoms with Crippen LogP contribution in [0.1, 0.15) is 61.3 Å². The van der Waals surface area contributed by atoms with Gasteiger partial charge in [-0.15, -0.1) is 0 Å². The fraction of sp³-hybridized carbons (Fsp3) is 0.464. The molecular weight excluding hydrogens is 526 g/mol. The van der Waals surface area contributed by atoms with E-state index >= 15 is 0 Å². The van der Waals surface area contributed by atoms with Crippen LogP contribution in [0.3, 0.4) is 0 Å². The maximum absolute atomic E-state index is 13.7. The molecule has 1 atom stereocenters. The molecule has 0 bridgehead atoms. The topological polar surface area (TPSA) is 57.7 Å². The fourth-order valence-corrected chi connectivity index (χ4v) is 5.52. The van der Waals surface area contributed by atoms with Crippen molar-refractivity contribution in [2.24, 2.45) is 0 Å². The molecule has 0 aliphatic carbocycles. The third kappa shape index (κ3) is 6.03. The number of imide groups is 1. The van der Waals surface area contributed by atoms with Crippen LogP contribution in [0.15, 0.2) is 48.5 Å². The monoisotopic (exact) mass is 554 g/mol. The number of aryl methyl sites for hydroxylation is 1. The minimum Gasteiger partial charge on any atom is -0.297 e. The number of benzene rings is 2. The molecule has 0 spiro atoms. The zero-order valence-electron chi connectivity index (χ0n) is 21.2. The van der Waals surface area contributed by atoms with Gasteiger partial charge in [-0.3, -0.25) is 24.2 Å². The van der Waals surface area contributed by atoms with E-state index in [1.165, 1.54) is 4.90 Å². The van der Waals surface area contributed by atoms with Gasteiger partial charge in [0.25, 0.3) is 0 Å². The Labute approximate surface area is 221 Å². The Morgan fingerprint density at radius 2 is 1.33 bits per heavy atom. The van der Waals surface area contributed by atoms with Gasteiger partial charge in [-0.25, -0.2) is 0 Å². The van der Waals surface area contributed by atoms with Crippen molar-refractivity contribution < 1.29 is 40.7 Å². The van der Waals surface area contributed by atoms with Crippen molar-refractivity contribution in [3.05, 3.63) is 70.8 Å². The number of piperidine rings is 1. The fourth-order valence-electron chi connectivity index (χ4n) is 5.52. The van der Waals surface area contributed by atoms with Crippen molar-refractivity contribution in [2.75, 3.05) is 13.1 Å². The minimum atomic E-state index is -4.97. The summed E-state index contributed by atoms with van der Waals surface area (Å²) in [6.45, 7) is 2.45. The number of carbonyl (C=O) groups excluding carboxylic acids is 3. The lowest BCUT2D eigenvalue weighted by molar-refractivity contribution is -0.145. The van der Waals surface area contributed by atoms with Crippen molar-refractivity contribution >= 4 is 17.6 Å². The Kier molecular flexibility index (Phi) is 7.93. The molecule has 2 saturated heterocycles. The summed E-state index contributed by atoms with van der Waals surface area (Å²) in [4.78, 5) is 41.3. The lowest BCUT2D eigenvalue weighted by Crippen LogP contribution is -2.56. The lowest BCUT2D eigenvalue weighted by atomic mass is 9.81. The Balaban J connectivity index is 1.56. The number of ketones is 1. The molecule has 0 aromatic heterocycles. The molecule has 4 rings (SSSR count). The highest BCUT2D eigenvalue weighted by atomic mass is 19.4. The number of amides is 2. The normalized spacial score (nSPS) is 19.4. The molecule has 2 aliphatic rings. The Bertz CT molecular complexity index is 1190. The summed E-state index contributed by atoms with van der Waals surface area (Å²) in [7, 11) is 0. The molecule has 2 aromatic carbocycles. The molecule has 0 radical (unpaired) electrons. The number of likely N-dealkylation sites (tertiary alicyclic amines) is 2. The Morgan fingerprint density at radius 1 is 0.821 bits per heavy atom. The maximum atomic E-state index is 13.7. The number of halogens is 6. The van der Waals surface area contributed by atoms with Gasteiger partial charge in [0.1, 0.15) is 5.54 Å². The van der Waals surface area contributed by atoms with Crippen LogP contribution in [0.2, 0.25) is 0 Å². The van der Waals surface area contributed by atoms with E-state index in [0.717, 1.165) is 0 Å². The van der Waals surface area contributed by atoms with E-state index < -0.39 is 29.0 Å². The predicted molar refractivity (Wildman–Crippen MR) is 129 cm³/mol. The molecule has 2 aliphatic heterocycles. The summed E-state index contributed by atoms with van der Waals surface area (Å²) < 4.78 is 79.8. The predicted octanol–water partition coefficient (Wildman–Crippen LogP) is 5.75. The summed E-state index contributed by atoms with van der Waals surface area (Å²) in [5, 5.41) is 0. The smallest absolute Gasteiger partial charge is 0.297 e.